The van der Waals surface area contributed by atoms with Crippen LogP contribution < -0.4 is 9.80 Å². The Morgan fingerprint density at radius 3 is 1.90 bits per heavy atom. The number of sulfone groups is 2. The van der Waals surface area contributed by atoms with Crippen LogP contribution in [-0.4, -0.2) is 95.4 Å². The zero-order chi connectivity index (χ0) is 22.2. The maximum absolute atomic E-state index is 11.8. The number of hydrogen-bond acceptors (Lipinski definition) is 10. The Labute approximate surface area is 172 Å². The number of pyridine rings is 1. The molecule has 1 aromatic rings. The lowest BCUT2D eigenvalue weighted by molar-refractivity contribution is 0.319. The fraction of sp³-hybridized carbons (Fsp3) is 0.647. The molecule has 0 atom stereocenters. The first kappa shape index (κ1) is 25.1. The molecule has 0 aliphatic heterocycles. The molecule has 10 nitrogen and oxygen atoms in total. The van der Waals surface area contributed by atoms with Crippen molar-refractivity contribution < 1.29 is 27.0 Å². The van der Waals surface area contributed by atoms with Crippen LogP contribution >= 0.6 is 0 Å². The van der Waals surface area contributed by atoms with E-state index in [-0.39, 0.29) is 36.1 Å². The van der Waals surface area contributed by atoms with Crippen molar-refractivity contribution in [2.45, 2.75) is 6.92 Å². The van der Waals surface area contributed by atoms with Gasteiger partial charge in [-0.2, -0.15) is 5.26 Å². The summed E-state index contributed by atoms with van der Waals surface area (Å²) in [7, 11) is -3.52. The molecule has 1 rings (SSSR count). The van der Waals surface area contributed by atoms with Gasteiger partial charge in [0.05, 0.1) is 41.8 Å². The summed E-state index contributed by atoms with van der Waals surface area (Å²) in [5, 5.41) is 27.1. The molecule has 0 bridgehead atoms. The normalized spacial score (nSPS) is 11.9. The van der Waals surface area contributed by atoms with E-state index in [1.807, 2.05) is 0 Å². The van der Waals surface area contributed by atoms with Crippen LogP contribution in [0.2, 0.25) is 0 Å². The summed E-state index contributed by atoms with van der Waals surface area (Å²) >= 11 is 0. The molecule has 2 N–H and O–H groups in total. The molecule has 12 heteroatoms. The molecule has 0 saturated carbocycles. The van der Waals surface area contributed by atoms with Crippen LogP contribution in [0.1, 0.15) is 11.1 Å². The van der Waals surface area contributed by atoms with Gasteiger partial charge in [-0.25, -0.2) is 21.8 Å². The predicted molar refractivity (Wildman–Crippen MR) is 112 cm³/mol. The van der Waals surface area contributed by atoms with Gasteiger partial charge >= 0.3 is 0 Å². The lowest BCUT2D eigenvalue weighted by atomic mass is 10.1. The zero-order valence-corrected chi connectivity index (χ0v) is 18.5. The van der Waals surface area contributed by atoms with Gasteiger partial charge in [0.2, 0.25) is 0 Å². The molecule has 0 aliphatic rings. The van der Waals surface area contributed by atoms with E-state index in [1.165, 1.54) is 0 Å². The third-order valence-electron chi connectivity index (χ3n) is 4.33. The second-order valence-corrected chi connectivity index (χ2v) is 11.3. The predicted octanol–water partition coefficient (Wildman–Crippen LogP) is -1.05. The minimum Gasteiger partial charge on any atom is -0.395 e. The molecule has 0 fully saturated rings. The lowest BCUT2D eigenvalue weighted by Crippen LogP contribution is -2.31. The lowest BCUT2D eigenvalue weighted by Gasteiger charge is -2.24. The van der Waals surface area contributed by atoms with E-state index in [0.29, 0.717) is 22.8 Å². The van der Waals surface area contributed by atoms with Gasteiger partial charge in [0.1, 0.15) is 17.7 Å². The van der Waals surface area contributed by atoms with E-state index in [9.17, 15) is 22.1 Å². The highest BCUT2D eigenvalue weighted by Gasteiger charge is 2.19. The molecule has 1 aromatic heterocycles. The van der Waals surface area contributed by atoms with Gasteiger partial charge in [0.25, 0.3) is 0 Å². The topological polar surface area (TPSA) is 152 Å². The van der Waals surface area contributed by atoms with E-state index in [4.69, 9.17) is 10.2 Å². The van der Waals surface area contributed by atoms with Crippen molar-refractivity contribution in [3.63, 3.8) is 0 Å². The van der Waals surface area contributed by atoms with Crippen LogP contribution in [0.15, 0.2) is 6.07 Å². The van der Waals surface area contributed by atoms with Gasteiger partial charge in [-0.05, 0) is 18.6 Å². The number of aliphatic hydroxyl groups is 2. The maximum atomic E-state index is 11.8. The number of aryl methyl sites for hydroxylation is 1. The summed E-state index contributed by atoms with van der Waals surface area (Å²) in [6, 6.07) is 3.73. The second-order valence-electron chi connectivity index (χ2n) is 6.70. The van der Waals surface area contributed by atoms with E-state index >= 15 is 0 Å². The summed E-state index contributed by atoms with van der Waals surface area (Å²) in [6.07, 6.45) is 0. The number of aliphatic hydroxyl groups excluding tert-OH is 2. The fourth-order valence-corrected chi connectivity index (χ4v) is 4.57. The van der Waals surface area contributed by atoms with Crippen LogP contribution in [0, 0.1) is 18.3 Å². The summed E-state index contributed by atoms with van der Waals surface area (Å²) in [6.45, 7) is 1.07. The minimum atomic E-state index is -3.42. The fourth-order valence-electron chi connectivity index (χ4n) is 2.50. The van der Waals surface area contributed by atoms with Crippen molar-refractivity contribution in [2.75, 3.05) is 73.2 Å². The Balaban J connectivity index is 3.07. The van der Waals surface area contributed by atoms with Crippen molar-refractivity contribution in [3.8, 4) is 6.07 Å². The van der Waals surface area contributed by atoms with Crippen LogP contribution in [0.5, 0.6) is 0 Å². The number of aromatic nitrogens is 1. The summed E-state index contributed by atoms with van der Waals surface area (Å²) in [5.41, 5.74) is 0.930. The number of hydrogen-bond donors (Lipinski definition) is 2. The molecule has 0 spiro atoms. The van der Waals surface area contributed by atoms with Crippen LogP contribution in [0.25, 0.3) is 0 Å². The first-order valence-corrected chi connectivity index (χ1v) is 12.6. The van der Waals surface area contributed by atoms with E-state index in [2.05, 4.69) is 11.1 Å². The Morgan fingerprint density at radius 1 is 0.966 bits per heavy atom. The molecule has 0 aliphatic carbocycles. The number of rotatable bonds is 12. The molecule has 0 aromatic carbocycles. The highest BCUT2D eigenvalue weighted by molar-refractivity contribution is 7.91. The van der Waals surface area contributed by atoms with E-state index < -0.39 is 32.9 Å². The van der Waals surface area contributed by atoms with Crippen molar-refractivity contribution in [2.24, 2.45) is 0 Å². The standard InChI is InChI=1S/C17H28N4O6S2/c1-14-12-16(20(2)4-8-28(24,25)10-6-22)19-17(15(14)13-18)21(3)5-9-29(26,27)11-7-23/h12,22-23H,4-11H2,1-3H3. The van der Waals surface area contributed by atoms with E-state index in [1.54, 1.807) is 36.9 Å². The van der Waals surface area contributed by atoms with Crippen molar-refractivity contribution in [1.29, 1.82) is 5.26 Å². The Hall–Kier alpha value is -1.94. The summed E-state index contributed by atoms with van der Waals surface area (Å²) in [4.78, 5) is 7.62. The highest BCUT2D eigenvalue weighted by Crippen LogP contribution is 2.25. The average Bonchev–Trinajstić information content (AvgIpc) is 2.63. The number of nitrogens with zero attached hydrogens (tertiary/aromatic N) is 4. The first-order chi connectivity index (χ1) is 13.5. The SMILES string of the molecule is Cc1cc(N(C)CCS(=O)(=O)CCO)nc(N(C)CCS(=O)(=O)CCO)c1C#N. The Kier molecular flexibility index (Phi) is 9.28. The van der Waals surface area contributed by atoms with Crippen LogP contribution in [-0.2, 0) is 19.7 Å². The smallest absolute Gasteiger partial charge is 0.154 e. The second kappa shape index (κ2) is 10.7. The Morgan fingerprint density at radius 2 is 1.45 bits per heavy atom. The first-order valence-electron chi connectivity index (χ1n) is 8.93. The molecule has 164 valence electrons. The molecule has 0 radical (unpaired) electrons. The van der Waals surface area contributed by atoms with Gasteiger partial charge in [-0.3, -0.25) is 0 Å². The molecular weight excluding hydrogens is 420 g/mol. The third kappa shape index (κ3) is 7.77. The number of nitriles is 1. The van der Waals surface area contributed by atoms with Crippen molar-refractivity contribution >= 4 is 31.3 Å². The maximum Gasteiger partial charge on any atom is 0.154 e. The van der Waals surface area contributed by atoms with Gasteiger partial charge in [-0.1, -0.05) is 0 Å². The van der Waals surface area contributed by atoms with Crippen molar-refractivity contribution in [1.82, 2.24) is 4.98 Å². The molecule has 1 heterocycles. The quantitative estimate of drug-likeness (QED) is 0.405. The molecule has 0 unspecified atom stereocenters. The largest absolute Gasteiger partial charge is 0.395 e. The van der Waals surface area contributed by atoms with Gasteiger partial charge in [0, 0.05) is 27.2 Å². The molecular formula is C17H28N4O6S2. The van der Waals surface area contributed by atoms with Gasteiger partial charge < -0.3 is 20.0 Å². The van der Waals surface area contributed by atoms with Crippen LogP contribution in [0.3, 0.4) is 0 Å². The minimum absolute atomic E-state index is 0.0848. The number of anilines is 2. The van der Waals surface area contributed by atoms with Crippen LogP contribution in [0.4, 0.5) is 11.6 Å². The average molecular weight is 449 g/mol. The molecule has 0 saturated heterocycles. The Bertz CT molecular complexity index is 941. The van der Waals surface area contributed by atoms with Gasteiger partial charge in [-0.15, -0.1) is 0 Å². The molecule has 0 amide bonds. The zero-order valence-electron chi connectivity index (χ0n) is 16.9. The van der Waals surface area contributed by atoms with E-state index in [0.717, 1.165) is 0 Å². The highest BCUT2D eigenvalue weighted by atomic mass is 32.2. The third-order valence-corrected chi connectivity index (χ3v) is 7.55. The summed E-state index contributed by atoms with van der Waals surface area (Å²) < 4.78 is 47.3. The monoisotopic (exact) mass is 448 g/mol. The molecule has 29 heavy (non-hydrogen) atoms. The van der Waals surface area contributed by atoms with Crippen molar-refractivity contribution in [3.05, 3.63) is 17.2 Å². The van der Waals surface area contributed by atoms with Gasteiger partial charge in [0.15, 0.2) is 19.7 Å². The summed E-state index contributed by atoms with van der Waals surface area (Å²) in [5.74, 6) is -0.252.